The highest BCUT2D eigenvalue weighted by Gasteiger charge is 2.32. The number of thioether (sulfide) groups is 2. The van der Waals surface area contributed by atoms with Gasteiger partial charge in [-0.25, -0.2) is 0 Å². The number of anilines is 1. The molecule has 2 aliphatic heterocycles. The predicted molar refractivity (Wildman–Crippen MR) is 124 cm³/mol. The Bertz CT molecular complexity index is 998. The Balaban J connectivity index is 1.55. The van der Waals surface area contributed by atoms with Crippen LogP contribution < -0.4 is 4.90 Å². The third-order valence-corrected chi connectivity index (χ3v) is 6.97. The van der Waals surface area contributed by atoms with Gasteiger partial charge in [-0.2, -0.15) is 0 Å². The van der Waals surface area contributed by atoms with Crippen LogP contribution in [0, 0.1) is 0 Å². The van der Waals surface area contributed by atoms with Crippen molar-refractivity contribution >= 4 is 40.3 Å². The van der Waals surface area contributed by atoms with Gasteiger partial charge in [0.05, 0.1) is 22.2 Å². The second-order valence-corrected chi connectivity index (χ2v) is 8.66. The fourth-order valence-electron chi connectivity index (χ4n) is 3.31. The van der Waals surface area contributed by atoms with Crippen molar-refractivity contribution in [3.05, 3.63) is 82.2 Å². The summed E-state index contributed by atoms with van der Waals surface area (Å²) in [7, 11) is 0. The van der Waals surface area contributed by atoms with Gasteiger partial charge < -0.3 is 4.90 Å². The molecule has 0 aliphatic carbocycles. The van der Waals surface area contributed by atoms with E-state index < -0.39 is 0 Å². The number of para-hydroxylation sites is 1. The van der Waals surface area contributed by atoms with Gasteiger partial charge in [0.15, 0.2) is 5.17 Å². The van der Waals surface area contributed by atoms with Crippen LogP contribution in [0.5, 0.6) is 0 Å². The average Bonchev–Trinajstić information content (AvgIpc) is 3.27. The Morgan fingerprint density at radius 3 is 2.38 bits per heavy atom. The first-order chi connectivity index (χ1) is 14.2. The topological polar surface area (TPSA) is 35.9 Å². The van der Waals surface area contributed by atoms with Crippen molar-refractivity contribution in [2.24, 2.45) is 4.99 Å². The first kappa shape index (κ1) is 19.9. The highest BCUT2D eigenvalue weighted by Crippen LogP contribution is 2.45. The minimum absolute atomic E-state index is 0.0321. The van der Waals surface area contributed by atoms with Crippen LogP contribution in [0.15, 0.2) is 86.6 Å². The molecule has 0 spiro atoms. The highest BCUT2D eigenvalue weighted by atomic mass is 32.2. The number of allylic oxidation sites excluding steroid dienone is 2. The van der Waals surface area contributed by atoms with Crippen molar-refractivity contribution in [1.29, 1.82) is 0 Å². The predicted octanol–water partition coefficient (Wildman–Crippen LogP) is 5.50. The molecule has 0 radical (unpaired) electrons. The summed E-state index contributed by atoms with van der Waals surface area (Å²) in [6.45, 7) is 6.22. The van der Waals surface area contributed by atoms with E-state index in [-0.39, 0.29) is 5.91 Å². The zero-order valence-corrected chi connectivity index (χ0v) is 18.2. The maximum atomic E-state index is 12.8. The van der Waals surface area contributed by atoms with Gasteiger partial charge in [0.2, 0.25) is 0 Å². The van der Waals surface area contributed by atoms with Gasteiger partial charge in [-0.15, -0.1) is 0 Å². The molecule has 1 amide bonds. The zero-order valence-electron chi connectivity index (χ0n) is 16.5. The molecule has 4 rings (SSSR count). The maximum Gasteiger partial charge on any atom is 0.266 e. The van der Waals surface area contributed by atoms with Crippen molar-refractivity contribution in [1.82, 2.24) is 4.90 Å². The number of amidine groups is 1. The summed E-state index contributed by atoms with van der Waals surface area (Å²) in [4.78, 5) is 23.5. The number of amides is 1. The van der Waals surface area contributed by atoms with Gasteiger partial charge in [-0.3, -0.25) is 14.7 Å². The van der Waals surface area contributed by atoms with Crippen LogP contribution in [0.3, 0.4) is 0 Å². The molecule has 0 saturated carbocycles. The van der Waals surface area contributed by atoms with Crippen molar-refractivity contribution in [2.45, 2.75) is 25.3 Å². The summed E-state index contributed by atoms with van der Waals surface area (Å²) < 4.78 is 0. The summed E-state index contributed by atoms with van der Waals surface area (Å²) in [6, 6.07) is 18.5. The van der Waals surface area contributed by atoms with Gasteiger partial charge >= 0.3 is 0 Å². The maximum absolute atomic E-state index is 12.8. The number of benzene rings is 2. The summed E-state index contributed by atoms with van der Waals surface area (Å²) in [5.41, 5.74) is 2.37. The molecule has 0 N–H and O–H groups in total. The normalized spacial score (nSPS) is 20.3. The summed E-state index contributed by atoms with van der Waals surface area (Å²) in [6.07, 6.45) is 4.00. The molecule has 0 atom stereocenters. The zero-order chi connectivity index (χ0) is 20.2. The smallest absolute Gasteiger partial charge is 0.266 e. The van der Waals surface area contributed by atoms with Crippen LogP contribution in [0.4, 0.5) is 5.69 Å². The number of hydrogen-bond acceptors (Lipinski definition) is 5. The summed E-state index contributed by atoms with van der Waals surface area (Å²) >= 11 is 3.21. The molecule has 2 heterocycles. The van der Waals surface area contributed by atoms with Crippen LogP contribution in [-0.4, -0.2) is 29.1 Å². The van der Waals surface area contributed by atoms with E-state index in [1.165, 1.54) is 22.3 Å². The van der Waals surface area contributed by atoms with Crippen molar-refractivity contribution in [2.75, 3.05) is 18.0 Å². The standard InChI is InChI=1S/C23H23N3OS2/c1-3-25-18-12-8-9-13-19(18)28-21(25)15-14-20-22(27)26(4-2)23(29-20)24-16-17-10-6-5-7-11-17/h5-15H,3-4,16H2,1-2H3. The molecule has 0 unspecified atom stereocenters. The minimum atomic E-state index is 0.0321. The van der Waals surface area contributed by atoms with E-state index >= 15 is 0 Å². The van der Waals surface area contributed by atoms with Crippen LogP contribution in [0.25, 0.3) is 0 Å². The van der Waals surface area contributed by atoms with E-state index in [4.69, 9.17) is 4.99 Å². The number of rotatable bonds is 5. The monoisotopic (exact) mass is 421 g/mol. The SMILES string of the molecule is CCN1C(=O)C(=CC=C2Sc3ccccc3N2CC)SC1=NCc1ccccc1. The molecule has 6 heteroatoms. The Morgan fingerprint density at radius 1 is 0.897 bits per heavy atom. The molecule has 1 saturated heterocycles. The van der Waals surface area contributed by atoms with Crippen molar-refractivity contribution in [3.63, 3.8) is 0 Å². The van der Waals surface area contributed by atoms with Gasteiger partial charge in [0, 0.05) is 18.0 Å². The molecular formula is C23H23N3OS2. The van der Waals surface area contributed by atoms with Gasteiger partial charge in [-0.1, -0.05) is 54.2 Å². The van der Waals surface area contributed by atoms with Crippen LogP contribution in [-0.2, 0) is 11.3 Å². The van der Waals surface area contributed by atoms with Gasteiger partial charge in [-0.05, 0) is 55.5 Å². The average molecular weight is 422 g/mol. The van der Waals surface area contributed by atoms with Crippen LogP contribution in [0.2, 0.25) is 0 Å². The number of fused-ring (bicyclic) bond motifs is 1. The molecule has 2 aromatic carbocycles. The first-order valence-electron chi connectivity index (χ1n) is 9.75. The Kier molecular flexibility index (Phi) is 6.11. The Labute approximate surface area is 180 Å². The summed E-state index contributed by atoms with van der Waals surface area (Å²) in [5.74, 6) is 0.0321. The third kappa shape index (κ3) is 4.14. The van der Waals surface area contributed by atoms with E-state index in [0.29, 0.717) is 13.1 Å². The fourth-order valence-corrected chi connectivity index (χ4v) is 5.42. The fraction of sp³-hybridized carbons (Fsp3) is 0.217. The van der Waals surface area contributed by atoms with E-state index in [9.17, 15) is 4.79 Å². The number of carbonyl (C=O) groups excluding carboxylic acids is 1. The van der Waals surface area contributed by atoms with E-state index in [0.717, 1.165) is 27.2 Å². The molecule has 29 heavy (non-hydrogen) atoms. The lowest BCUT2D eigenvalue weighted by atomic mass is 10.2. The van der Waals surface area contributed by atoms with Crippen LogP contribution in [0.1, 0.15) is 19.4 Å². The third-order valence-electron chi connectivity index (χ3n) is 4.77. The number of likely N-dealkylation sites (N-methyl/N-ethyl adjacent to an activating group) is 1. The number of carbonyl (C=O) groups is 1. The second kappa shape index (κ2) is 8.93. The van der Waals surface area contributed by atoms with E-state index in [1.807, 2.05) is 31.2 Å². The Morgan fingerprint density at radius 2 is 1.62 bits per heavy atom. The largest absolute Gasteiger partial charge is 0.335 e. The molecule has 2 aliphatic rings. The molecule has 0 bridgehead atoms. The lowest BCUT2D eigenvalue weighted by molar-refractivity contribution is -0.122. The van der Waals surface area contributed by atoms with Gasteiger partial charge in [0.25, 0.3) is 5.91 Å². The van der Waals surface area contributed by atoms with E-state index in [2.05, 4.69) is 54.3 Å². The molecule has 4 nitrogen and oxygen atoms in total. The highest BCUT2D eigenvalue weighted by molar-refractivity contribution is 8.18. The second-order valence-electron chi connectivity index (χ2n) is 6.59. The van der Waals surface area contributed by atoms with Crippen molar-refractivity contribution in [3.8, 4) is 0 Å². The molecular weight excluding hydrogens is 398 g/mol. The van der Waals surface area contributed by atoms with Crippen molar-refractivity contribution < 1.29 is 4.79 Å². The number of hydrogen-bond donors (Lipinski definition) is 0. The number of aliphatic imine (C=N–C) groups is 1. The lowest BCUT2D eigenvalue weighted by Gasteiger charge is -2.17. The van der Waals surface area contributed by atoms with E-state index in [1.54, 1.807) is 16.7 Å². The molecule has 148 valence electrons. The molecule has 2 aromatic rings. The molecule has 0 aromatic heterocycles. The molecule has 1 fully saturated rings. The Hall–Kier alpha value is -2.44. The summed E-state index contributed by atoms with van der Waals surface area (Å²) in [5, 5.41) is 1.92. The number of nitrogens with zero attached hydrogens (tertiary/aromatic N) is 3. The quantitative estimate of drug-likeness (QED) is 0.598. The first-order valence-corrected chi connectivity index (χ1v) is 11.4. The van der Waals surface area contributed by atoms with Crippen LogP contribution >= 0.6 is 23.5 Å². The lowest BCUT2D eigenvalue weighted by Crippen LogP contribution is -2.28. The minimum Gasteiger partial charge on any atom is -0.335 e. The van der Waals surface area contributed by atoms with Gasteiger partial charge in [0.1, 0.15) is 0 Å².